The van der Waals surface area contributed by atoms with Gasteiger partial charge in [-0.1, -0.05) is 13.3 Å². The number of nitrogens with two attached hydrogens (primary N) is 1. The topological polar surface area (TPSA) is 60.9 Å². The predicted molar refractivity (Wildman–Crippen MR) is 73.2 cm³/mol. The van der Waals surface area contributed by atoms with E-state index in [1.54, 1.807) is 6.20 Å². The molecule has 102 valence electrons. The number of nitrogens with zero attached hydrogens (tertiary/aromatic N) is 2. The maximum absolute atomic E-state index is 12.0. The van der Waals surface area contributed by atoms with Crippen molar-refractivity contribution >= 4 is 5.78 Å². The van der Waals surface area contributed by atoms with Crippen LogP contribution in [0.4, 0.5) is 0 Å². The van der Waals surface area contributed by atoms with E-state index in [9.17, 15) is 4.79 Å². The second kappa shape index (κ2) is 7.31. The van der Waals surface area contributed by atoms with Gasteiger partial charge in [-0.05, 0) is 32.3 Å². The molecule has 2 unspecified atom stereocenters. The van der Waals surface area contributed by atoms with Gasteiger partial charge in [-0.25, -0.2) is 0 Å². The van der Waals surface area contributed by atoms with Crippen molar-refractivity contribution in [2.45, 2.75) is 52.0 Å². The first-order chi connectivity index (χ1) is 8.50. The molecule has 0 aliphatic carbocycles. The van der Waals surface area contributed by atoms with Crippen LogP contribution in [0.2, 0.25) is 0 Å². The number of Topliss-reactive ketones (excluding diaryl/α,β-unsaturated/α-hetero) is 1. The number of rotatable bonds is 8. The summed E-state index contributed by atoms with van der Waals surface area (Å²) in [6.45, 7) is 4.03. The zero-order chi connectivity index (χ0) is 13.5. The van der Waals surface area contributed by atoms with E-state index in [4.69, 9.17) is 5.73 Å². The summed E-state index contributed by atoms with van der Waals surface area (Å²) < 4.78 is 1.83. The van der Waals surface area contributed by atoms with E-state index >= 15 is 0 Å². The maximum atomic E-state index is 12.0. The van der Waals surface area contributed by atoms with Crippen molar-refractivity contribution in [1.82, 2.24) is 9.78 Å². The third-order valence-electron chi connectivity index (χ3n) is 3.40. The number of carbonyl (C=O) groups is 1. The van der Waals surface area contributed by atoms with Crippen LogP contribution in [0, 0.1) is 5.92 Å². The fraction of sp³-hybridized carbons (Fsp3) is 0.714. The first-order valence-corrected chi connectivity index (χ1v) is 6.76. The van der Waals surface area contributed by atoms with Crippen molar-refractivity contribution in [3.63, 3.8) is 0 Å². The van der Waals surface area contributed by atoms with Crippen LogP contribution in [0.3, 0.4) is 0 Å². The van der Waals surface area contributed by atoms with Gasteiger partial charge in [0.25, 0.3) is 0 Å². The minimum Gasteiger partial charge on any atom is -0.328 e. The Morgan fingerprint density at radius 3 is 2.72 bits per heavy atom. The lowest BCUT2D eigenvalue weighted by Crippen LogP contribution is -2.17. The van der Waals surface area contributed by atoms with Gasteiger partial charge in [-0.15, -0.1) is 0 Å². The molecule has 2 N–H and O–H groups in total. The second-order valence-electron chi connectivity index (χ2n) is 5.22. The second-order valence-corrected chi connectivity index (χ2v) is 5.22. The third kappa shape index (κ3) is 5.00. The van der Waals surface area contributed by atoms with Crippen molar-refractivity contribution in [2.75, 3.05) is 0 Å². The predicted octanol–water partition coefficient (Wildman–Crippen LogP) is 2.08. The number of ketones is 1. The Morgan fingerprint density at radius 1 is 1.44 bits per heavy atom. The van der Waals surface area contributed by atoms with Crippen molar-refractivity contribution in [3.05, 3.63) is 18.0 Å². The van der Waals surface area contributed by atoms with E-state index in [0.717, 1.165) is 31.4 Å². The molecule has 1 rings (SSSR count). The van der Waals surface area contributed by atoms with Crippen molar-refractivity contribution in [3.8, 4) is 0 Å². The Hall–Kier alpha value is -1.16. The van der Waals surface area contributed by atoms with E-state index in [1.807, 2.05) is 31.6 Å². The molecule has 2 atom stereocenters. The molecule has 4 heteroatoms. The third-order valence-corrected chi connectivity index (χ3v) is 3.40. The monoisotopic (exact) mass is 251 g/mol. The zero-order valence-corrected chi connectivity index (χ0v) is 11.7. The summed E-state index contributed by atoms with van der Waals surface area (Å²) in [5.74, 6) is 0.498. The molecule has 1 aromatic heterocycles. The van der Waals surface area contributed by atoms with Crippen LogP contribution < -0.4 is 5.73 Å². The van der Waals surface area contributed by atoms with Crippen LogP contribution in [0.1, 0.15) is 45.2 Å². The Labute approximate surface area is 110 Å². The highest BCUT2D eigenvalue weighted by Gasteiger charge is 2.13. The smallest absolute Gasteiger partial charge is 0.136 e. The van der Waals surface area contributed by atoms with Crippen molar-refractivity contribution in [1.29, 1.82) is 0 Å². The average Bonchev–Trinajstić information content (AvgIpc) is 2.71. The van der Waals surface area contributed by atoms with E-state index in [1.165, 1.54) is 0 Å². The SMILES string of the molecule is CC(N)CCCC(C)C(=O)CCc1ccnn1C. The van der Waals surface area contributed by atoms with Crippen molar-refractivity contribution in [2.24, 2.45) is 18.7 Å². The molecule has 1 aromatic rings. The Balaban J connectivity index is 2.25. The summed E-state index contributed by atoms with van der Waals surface area (Å²) in [5.41, 5.74) is 6.82. The lowest BCUT2D eigenvalue weighted by Gasteiger charge is -2.11. The van der Waals surface area contributed by atoms with Crippen LogP contribution in [0.5, 0.6) is 0 Å². The number of hydrogen-bond donors (Lipinski definition) is 1. The van der Waals surface area contributed by atoms with Gasteiger partial charge in [0.15, 0.2) is 0 Å². The van der Waals surface area contributed by atoms with E-state index in [-0.39, 0.29) is 12.0 Å². The molecule has 0 amide bonds. The Kier molecular flexibility index (Phi) is 6.05. The van der Waals surface area contributed by atoms with Gasteiger partial charge in [0.2, 0.25) is 0 Å². The summed E-state index contributed by atoms with van der Waals surface area (Å²) in [7, 11) is 1.91. The van der Waals surface area contributed by atoms with Gasteiger partial charge in [0.1, 0.15) is 5.78 Å². The lowest BCUT2D eigenvalue weighted by molar-refractivity contribution is -0.122. The van der Waals surface area contributed by atoms with E-state index in [0.29, 0.717) is 12.2 Å². The minimum atomic E-state index is 0.150. The summed E-state index contributed by atoms with van der Waals surface area (Å²) in [5, 5.41) is 4.10. The fourth-order valence-electron chi connectivity index (χ4n) is 2.05. The molecule has 18 heavy (non-hydrogen) atoms. The molecule has 0 bridgehead atoms. The Bertz CT molecular complexity index is 371. The van der Waals surface area contributed by atoms with Crippen LogP contribution in [-0.4, -0.2) is 21.6 Å². The van der Waals surface area contributed by atoms with Gasteiger partial charge in [-0.3, -0.25) is 9.48 Å². The number of hydrogen-bond acceptors (Lipinski definition) is 3. The lowest BCUT2D eigenvalue weighted by atomic mass is 9.95. The molecule has 0 aliphatic rings. The van der Waals surface area contributed by atoms with Gasteiger partial charge >= 0.3 is 0 Å². The molecule has 1 heterocycles. The molecule has 0 saturated heterocycles. The molecule has 0 fully saturated rings. The van der Waals surface area contributed by atoms with Crippen LogP contribution in [0.25, 0.3) is 0 Å². The molecule has 4 nitrogen and oxygen atoms in total. The fourth-order valence-corrected chi connectivity index (χ4v) is 2.05. The first-order valence-electron chi connectivity index (χ1n) is 6.76. The molecule has 0 radical (unpaired) electrons. The standard InChI is InChI=1S/C14H25N3O/c1-11(5-4-6-12(2)15)14(18)8-7-13-9-10-16-17(13)3/h9-12H,4-8,15H2,1-3H3. The van der Waals surface area contributed by atoms with Gasteiger partial charge in [0, 0.05) is 37.3 Å². The summed E-state index contributed by atoms with van der Waals surface area (Å²) in [4.78, 5) is 12.0. The molecule has 0 aliphatic heterocycles. The highest BCUT2D eigenvalue weighted by molar-refractivity contribution is 5.80. The maximum Gasteiger partial charge on any atom is 0.136 e. The van der Waals surface area contributed by atoms with Gasteiger partial charge < -0.3 is 5.73 Å². The molecular formula is C14H25N3O. The summed E-state index contributed by atoms with van der Waals surface area (Å²) in [6, 6.07) is 2.20. The van der Waals surface area contributed by atoms with Crippen LogP contribution >= 0.6 is 0 Å². The minimum absolute atomic E-state index is 0.150. The highest BCUT2D eigenvalue weighted by Crippen LogP contribution is 2.13. The van der Waals surface area contributed by atoms with Crippen LogP contribution in [0.15, 0.2) is 12.3 Å². The highest BCUT2D eigenvalue weighted by atomic mass is 16.1. The van der Waals surface area contributed by atoms with E-state index < -0.39 is 0 Å². The van der Waals surface area contributed by atoms with Crippen molar-refractivity contribution < 1.29 is 4.79 Å². The molecule has 0 spiro atoms. The number of aryl methyl sites for hydroxylation is 2. The molecule has 0 saturated carbocycles. The molecule has 0 aromatic carbocycles. The first kappa shape index (κ1) is 14.9. The number of aromatic nitrogens is 2. The average molecular weight is 251 g/mol. The van der Waals surface area contributed by atoms with Gasteiger partial charge in [0.05, 0.1) is 0 Å². The quantitative estimate of drug-likeness (QED) is 0.769. The van der Waals surface area contributed by atoms with Crippen LogP contribution in [-0.2, 0) is 18.3 Å². The normalized spacial score (nSPS) is 14.4. The zero-order valence-electron chi connectivity index (χ0n) is 11.7. The largest absolute Gasteiger partial charge is 0.328 e. The number of carbonyl (C=O) groups excluding carboxylic acids is 1. The summed E-state index contributed by atoms with van der Waals surface area (Å²) in [6.07, 6.45) is 6.15. The van der Waals surface area contributed by atoms with Gasteiger partial charge in [-0.2, -0.15) is 5.10 Å². The molecular weight excluding hydrogens is 226 g/mol. The Morgan fingerprint density at radius 2 is 2.17 bits per heavy atom. The van der Waals surface area contributed by atoms with E-state index in [2.05, 4.69) is 5.10 Å². The summed E-state index contributed by atoms with van der Waals surface area (Å²) >= 11 is 0.